The van der Waals surface area contributed by atoms with Gasteiger partial charge >= 0.3 is 6.18 Å². The highest BCUT2D eigenvalue weighted by molar-refractivity contribution is 5.90. The number of nitrogens with two attached hydrogens (primary N) is 1. The minimum Gasteiger partial charge on any atom is -0.326 e. The van der Waals surface area contributed by atoms with E-state index in [9.17, 15) is 18.0 Å². The third kappa shape index (κ3) is 5.38. The van der Waals surface area contributed by atoms with Crippen LogP contribution in [0.1, 0.15) is 29.5 Å². The molecule has 0 heterocycles. The van der Waals surface area contributed by atoms with Crippen LogP contribution in [-0.2, 0) is 23.9 Å². The van der Waals surface area contributed by atoms with E-state index in [1.807, 2.05) is 30.3 Å². The van der Waals surface area contributed by atoms with E-state index in [4.69, 9.17) is 5.73 Å². The van der Waals surface area contributed by atoms with E-state index in [1.165, 1.54) is 6.07 Å². The number of halogens is 3. The quantitative estimate of drug-likeness (QED) is 0.833. The fourth-order valence-electron chi connectivity index (χ4n) is 2.37. The molecule has 2 rings (SSSR count). The second-order valence-corrected chi connectivity index (χ2v) is 5.51. The first-order chi connectivity index (χ1) is 11.4. The molecule has 128 valence electrons. The van der Waals surface area contributed by atoms with Gasteiger partial charge in [-0.25, -0.2) is 0 Å². The Morgan fingerprint density at radius 1 is 1.04 bits per heavy atom. The predicted octanol–water partition coefficient (Wildman–Crippen LogP) is 4.13. The van der Waals surface area contributed by atoms with Gasteiger partial charge in [-0.15, -0.1) is 0 Å². The Hall–Kier alpha value is -2.34. The number of anilines is 1. The van der Waals surface area contributed by atoms with Crippen molar-refractivity contribution in [3.8, 4) is 0 Å². The molecular weight excluding hydrogens is 317 g/mol. The van der Waals surface area contributed by atoms with Crippen molar-refractivity contribution in [2.24, 2.45) is 5.73 Å². The molecule has 0 atom stereocenters. The molecule has 0 aromatic heterocycles. The molecule has 0 bridgehead atoms. The highest BCUT2D eigenvalue weighted by Crippen LogP contribution is 2.32. The van der Waals surface area contributed by atoms with Crippen LogP contribution >= 0.6 is 0 Å². The zero-order valence-corrected chi connectivity index (χ0v) is 13.1. The van der Waals surface area contributed by atoms with E-state index < -0.39 is 11.7 Å². The maximum absolute atomic E-state index is 12.9. The van der Waals surface area contributed by atoms with E-state index in [2.05, 4.69) is 5.32 Å². The molecule has 1 amide bonds. The van der Waals surface area contributed by atoms with Gasteiger partial charge in [0.15, 0.2) is 0 Å². The van der Waals surface area contributed by atoms with Crippen LogP contribution in [0.5, 0.6) is 0 Å². The van der Waals surface area contributed by atoms with Crippen LogP contribution in [0.4, 0.5) is 18.9 Å². The van der Waals surface area contributed by atoms with Crippen molar-refractivity contribution in [2.45, 2.75) is 32.0 Å². The number of benzene rings is 2. The van der Waals surface area contributed by atoms with Gasteiger partial charge in [-0.1, -0.05) is 30.3 Å². The first-order valence-corrected chi connectivity index (χ1v) is 7.63. The van der Waals surface area contributed by atoms with E-state index in [-0.39, 0.29) is 24.6 Å². The standard InChI is InChI=1S/C18H19F3N2O/c19-18(20,21)15-9-14(12-22)10-16(11-15)23-17(24)8-4-7-13-5-2-1-3-6-13/h1-3,5-6,9-11H,4,7-8,12,22H2,(H,23,24). The molecule has 0 radical (unpaired) electrons. The molecule has 0 saturated heterocycles. The summed E-state index contributed by atoms with van der Waals surface area (Å²) in [6.45, 7) is -0.0270. The van der Waals surface area contributed by atoms with E-state index in [0.29, 0.717) is 12.0 Å². The summed E-state index contributed by atoms with van der Waals surface area (Å²) < 4.78 is 38.6. The molecule has 2 aromatic rings. The van der Waals surface area contributed by atoms with Crippen molar-refractivity contribution in [1.29, 1.82) is 0 Å². The van der Waals surface area contributed by atoms with Crippen molar-refractivity contribution in [3.63, 3.8) is 0 Å². The summed E-state index contributed by atoms with van der Waals surface area (Å²) in [5.41, 5.74) is 6.18. The zero-order chi connectivity index (χ0) is 17.6. The van der Waals surface area contributed by atoms with Gasteiger partial charge < -0.3 is 11.1 Å². The molecule has 0 spiro atoms. The lowest BCUT2D eigenvalue weighted by atomic mass is 10.1. The minimum atomic E-state index is -4.47. The van der Waals surface area contributed by atoms with Crippen molar-refractivity contribution >= 4 is 11.6 Å². The van der Waals surface area contributed by atoms with Crippen LogP contribution in [0.25, 0.3) is 0 Å². The molecule has 6 heteroatoms. The SMILES string of the molecule is NCc1cc(NC(=O)CCCc2ccccc2)cc(C(F)(F)F)c1. The highest BCUT2D eigenvalue weighted by atomic mass is 19.4. The van der Waals surface area contributed by atoms with E-state index in [1.54, 1.807) is 0 Å². The highest BCUT2D eigenvalue weighted by Gasteiger charge is 2.31. The molecule has 0 aliphatic carbocycles. The van der Waals surface area contributed by atoms with Crippen LogP contribution in [0.15, 0.2) is 48.5 Å². The molecule has 0 aliphatic rings. The Morgan fingerprint density at radius 2 is 1.75 bits per heavy atom. The third-order valence-electron chi connectivity index (χ3n) is 3.55. The number of carbonyl (C=O) groups is 1. The van der Waals surface area contributed by atoms with Crippen molar-refractivity contribution in [2.75, 3.05) is 5.32 Å². The van der Waals surface area contributed by atoms with Gasteiger partial charge in [-0.2, -0.15) is 13.2 Å². The van der Waals surface area contributed by atoms with Crippen LogP contribution in [-0.4, -0.2) is 5.91 Å². The number of hydrogen-bond acceptors (Lipinski definition) is 2. The lowest BCUT2D eigenvalue weighted by Gasteiger charge is -2.12. The van der Waals surface area contributed by atoms with Gasteiger partial charge in [0.25, 0.3) is 0 Å². The van der Waals surface area contributed by atoms with Crippen LogP contribution in [0, 0.1) is 0 Å². The Balaban J connectivity index is 1.95. The summed E-state index contributed by atoms with van der Waals surface area (Å²) in [7, 11) is 0. The van der Waals surface area contributed by atoms with Crippen molar-refractivity contribution < 1.29 is 18.0 Å². The predicted molar refractivity (Wildman–Crippen MR) is 87.3 cm³/mol. The zero-order valence-electron chi connectivity index (χ0n) is 13.1. The Bertz CT molecular complexity index is 684. The van der Waals surface area contributed by atoms with Crippen molar-refractivity contribution in [1.82, 2.24) is 0 Å². The lowest BCUT2D eigenvalue weighted by Crippen LogP contribution is -2.14. The summed E-state index contributed by atoms with van der Waals surface area (Å²) in [5.74, 6) is -0.312. The Labute approximate surface area is 138 Å². The van der Waals surface area contributed by atoms with Gasteiger partial charge in [0.05, 0.1) is 5.56 Å². The number of aryl methyl sites for hydroxylation is 1. The fourth-order valence-corrected chi connectivity index (χ4v) is 2.37. The van der Waals surface area contributed by atoms with Gasteiger partial charge in [-0.05, 0) is 42.2 Å². The largest absolute Gasteiger partial charge is 0.416 e. The molecular formula is C18H19F3N2O. The van der Waals surface area contributed by atoms with Crippen LogP contribution in [0.3, 0.4) is 0 Å². The molecule has 2 aromatic carbocycles. The number of alkyl halides is 3. The number of hydrogen-bond donors (Lipinski definition) is 2. The molecule has 3 nitrogen and oxygen atoms in total. The summed E-state index contributed by atoms with van der Waals surface area (Å²) >= 11 is 0. The van der Waals surface area contributed by atoms with E-state index >= 15 is 0 Å². The number of nitrogens with one attached hydrogen (secondary N) is 1. The third-order valence-corrected chi connectivity index (χ3v) is 3.55. The summed E-state index contributed by atoms with van der Waals surface area (Å²) in [5, 5.41) is 2.52. The number of carbonyl (C=O) groups excluding carboxylic acids is 1. The topological polar surface area (TPSA) is 55.1 Å². The molecule has 3 N–H and O–H groups in total. The molecule has 0 unspecified atom stereocenters. The van der Waals surface area contributed by atoms with Gasteiger partial charge in [0.1, 0.15) is 0 Å². The maximum Gasteiger partial charge on any atom is 0.416 e. The average molecular weight is 336 g/mol. The lowest BCUT2D eigenvalue weighted by molar-refractivity contribution is -0.137. The number of amides is 1. The maximum atomic E-state index is 12.9. The summed E-state index contributed by atoms with van der Waals surface area (Å²) in [6, 6.07) is 13.1. The second-order valence-electron chi connectivity index (χ2n) is 5.51. The second kappa shape index (κ2) is 7.97. The molecule has 0 saturated carbocycles. The van der Waals surface area contributed by atoms with Crippen LogP contribution in [0.2, 0.25) is 0 Å². The van der Waals surface area contributed by atoms with Gasteiger partial charge in [-0.3, -0.25) is 4.79 Å². The fraction of sp³-hybridized carbons (Fsp3) is 0.278. The minimum absolute atomic E-state index is 0.0270. The van der Waals surface area contributed by atoms with Gasteiger partial charge in [0, 0.05) is 18.7 Å². The first kappa shape index (κ1) is 18.0. The Morgan fingerprint density at radius 3 is 2.38 bits per heavy atom. The van der Waals surface area contributed by atoms with Crippen molar-refractivity contribution in [3.05, 3.63) is 65.2 Å². The normalized spacial score (nSPS) is 11.3. The first-order valence-electron chi connectivity index (χ1n) is 7.63. The molecule has 0 aliphatic heterocycles. The van der Waals surface area contributed by atoms with E-state index in [0.717, 1.165) is 24.1 Å². The monoisotopic (exact) mass is 336 g/mol. The van der Waals surface area contributed by atoms with Crippen LogP contribution < -0.4 is 11.1 Å². The number of rotatable bonds is 6. The summed E-state index contributed by atoms with van der Waals surface area (Å²) in [4.78, 5) is 11.9. The average Bonchev–Trinajstić information content (AvgIpc) is 2.54. The molecule has 24 heavy (non-hydrogen) atoms. The summed E-state index contributed by atoms with van der Waals surface area (Å²) in [6.07, 6.45) is -2.87. The smallest absolute Gasteiger partial charge is 0.326 e. The molecule has 0 fully saturated rings. The Kier molecular flexibility index (Phi) is 5.98. The van der Waals surface area contributed by atoms with Gasteiger partial charge in [0.2, 0.25) is 5.91 Å².